The summed E-state index contributed by atoms with van der Waals surface area (Å²) in [6, 6.07) is 18.3. The van der Waals surface area contributed by atoms with Crippen molar-refractivity contribution in [3.05, 3.63) is 54.6 Å². The van der Waals surface area contributed by atoms with Gasteiger partial charge in [0.2, 0.25) is 0 Å². The molecule has 118 valence electrons. The molecule has 1 unspecified atom stereocenters. The summed E-state index contributed by atoms with van der Waals surface area (Å²) in [5.74, 6) is 1.74. The minimum atomic E-state index is 0.0751. The lowest BCUT2D eigenvalue weighted by molar-refractivity contribution is 0.0702. The number of benzene rings is 2. The van der Waals surface area contributed by atoms with Gasteiger partial charge in [0.1, 0.15) is 18.5 Å². The van der Waals surface area contributed by atoms with Gasteiger partial charge in [0.15, 0.2) is 0 Å². The van der Waals surface area contributed by atoms with Crippen LogP contribution in [0.3, 0.4) is 0 Å². The van der Waals surface area contributed by atoms with E-state index in [9.17, 15) is 0 Å². The molecule has 0 heterocycles. The van der Waals surface area contributed by atoms with Gasteiger partial charge in [0.05, 0.1) is 4.61 Å². The van der Waals surface area contributed by atoms with Crippen molar-refractivity contribution >= 4 is 40.0 Å². The van der Waals surface area contributed by atoms with E-state index in [-0.39, 0.29) is 6.10 Å². The molecule has 0 aliphatic carbocycles. The molecule has 3 nitrogen and oxygen atoms in total. The lowest BCUT2D eigenvalue weighted by Gasteiger charge is -2.17. The van der Waals surface area contributed by atoms with Crippen LogP contribution in [-0.2, 0) is 4.74 Å². The van der Waals surface area contributed by atoms with E-state index in [2.05, 4.69) is 52.2 Å². The van der Waals surface area contributed by atoms with Crippen molar-refractivity contribution in [3.63, 3.8) is 0 Å². The number of halogens is 1. The van der Waals surface area contributed by atoms with Crippen LogP contribution < -0.4 is 10.1 Å². The maximum Gasteiger partial charge on any atom is 0.119 e. The first-order valence-electron chi connectivity index (χ1n) is 7.08. The maximum absolute atomic E-state index is 5.84. The molecular formula is C17H20INO2S. The van der Waals surface area contributed by atoms with Crippen molar-refractivity contribution in [2.24, 2.45) is 0 Å². The Bertz CT molecular complexity index is 536. The van der Waals surface area contributed by atoms with E-state index < -0.39 is 0 Å². The van der Waals surface area contributed by atoms with Gasteiger partial charge in [-0.25, -0.2) is 0 Å². The van der Waals surface area contributed by atoms with Gasteiger partial charge in [-0.2, -0.15) is 0 Å². The van der Waals surface area contributed by atoms with Gasteiger partial charge in [-0.05, 0) is 36.4 Å². The molecule has 0 fully saturated rings. The first-order valence-corrected chi connectivity index (χ1v) is 9.59. The average molecular weight is 429 g/mol. The Balaban J connectivity index is 1.82. The van der Waals surface area contributed by atoms with Crippen molar-refractivity contribution in [2.45, 2.75) is 11.0 Å². The number of hydrogen-bond acceptors (Lipinski definition) is 4. The number of hydrogen-bond donors (Lipinski definition) is 1. The van der Waals surface area contributed by atoms with E-state index in [4.69, 9.17) is 9.47 Å². The highest BCUT2D eigenvalue weighted by atomic mass is 127. The number of rotatable bonds is 9. The van der Waals surface area contributed by atoms with Gasteiger partial charge in [-0.1, -0.05) is 40.8 Å². The quantitative estimate of drug-likeness (QED) is 0.356. The third-order valence-electron chi connectivity index (χ3n) is 3.06. The second kappa shape index (κ2) is 9.97. The predicted octanol–water partition coefficient (Wildman–Crippen LogP) is 4.68. The molecule has 2 aromatic carbocycles. The van der Waals surface area contributed by atoms with Crippen molar-refractivity contribution in [2.75, 3.05) is 29.3 Å². The summed E-state index contributed by atoms with van der Waals surface area (Å²) in [6.45, 7) is 0.557. The third kappa shape index (κ3) is 6.06. The van der Waals surface area contributed by atoms with Crippen LogP contribution in [0.15, 0.2) is 59.5 Å². The fourth-order valence-corrected chi connectivity index (χ4v) is 3.28. The van der Waals surface area contributed by atoms with Crippen LogP contribution in [0.1, 0.15) is 0 Å². The molecule has 2 aromatic rings. The standard InChI is InChI=1S/C17H20INO2S/c1-19-14-7-9-15(10-8-14)20-11-16(21-13-18)12-22-17-5-3-2-4-6-17/h2-10,16,19H,11-13H2,1H3. The molecule has 2 rings (SSSR count). The number of alkyl halides is 1. The molecule has 0 radical (unpaired) electrons. The molecule has 1 atom stereocenters. The van der Waals surface area contributed by atoms with Crippen LogP contribution in [0.4, 0.5) is 5.69 Å². The molecule has 0 saturated heterocycles. The van der Waals surface area contributed by atoms with E-state index in [1.54, 1.807) is 11.8 Å². The van der Waals surface area contributed by atoms with Crippen LogP contribution >= 0.6 is 34.4 Å². The summed E-state index contributed by atoms with van der Waals surface area (Å²) in [5.41, 5.74) is 1.08. The lowest BCUT2D eigenvalue weighted by atomic mass is 10.3. The van der Waals surface area contributed by atoms with Gasteiger partial charge in [0.25, 0.3) is 0 Å². The van der Waals surface area contributed by atoms with Crippen LogP contribution in [0, 0.1) is 0 Å². The molecule has 0 spiro atoms. The van der Waals surface area contributed by atoms with Crippen LogP contribution in [0.2, 0.25) is 0 Å². The maximum atomic E-state index is 5.84. The average Bonchev–Trinajstić information content (AvgIpc) is 2.59. The van der Waals surface area contributed by atoms with Crippen LogP contribution in [0.5, 0.6) is 5.75 Å². The number of anilines is 1. The Morgan fingerprint density at radius 2 is 1.82 bits per heavy atom. The van der Waals surface area contributed by atoms with Gasteiger partial charge in [-0.3, -0.25) is 0 Å². The summed E-state index contributed by atoms with van der Waals surface area (Å²) in [4.78, 5) is 1.25. The molecule has 0 saturated carbocycles. The SMILES string of the molecule is CNc1ccc(OCC(CSc2ccccc2)OCI)cc1. The van der Waals surface area contributed by atoms with Crippen LogP contribution in [-0.4, -0.2) is 30.1 Å². The van der Waals surface area contributed by atoms with Gasteiger partial charge in [-0.15, -0.1) is 11.8 Å². The van der Waals surface area contributed by atoms with Gasteiger partial charge in [0, 0.05) is 23.4 Å². The molecule has 1 N–H and O–H groups in total. The molecule has 22 heavy (non-hydrogen) atoms. The molecular weight excluding hydrogens is 409 g/mol. The lowest BCUT2D eigenvalue weighted by Crippen LogP contribution is -2.24. The Morgan fingerprint density at radius 1 is 1.09 bits per heavy atom. The Kier molecular flexibility index (Phi) is 7.90. The second-order valence-corrected chi connectivity index (χ2v) is 6.32. The highest BCUT2D eigenvalue weighted by Crippen LogP contribution is 2.20. The molecule has 0 aliphatic rings. The molecule has 0 bridgehead atoms. The molecule has 0 aromatic heterocycles. The van der Waals surface area contributed by atoms with E-state index in [1.807, 2.05) is 37.4 Å². The smallest absolute Gasteiger partial charge is 0.119 e. The summed E-state index contributed by atoms with van der Waals surface area (Å²) >= 11 is 4.02. The van der Waals surface area contributed by atoms with E-state index >= 15 is 0 Å². The normalized spacial score (nSPS) is 11.9. The molecule has 0 aliphatic heterocycles. The monoisotopic (exact) mass is 429 g/mol. The Morgan fingerprint density at radius 3 is 2.45 bits per heavy atom. The van der Waals surface area contributed by atoms with E-state index in [0.717, 1.165) is 17.2 Å². The zero-order valence-electron chi connectivity index (χ0n) is 12.5. The van der Waals surface area contributed by atoms with Crippen molar-refractivity contribution in [3.8, 4) is 5.75 Å². The third-order valence-corrected chi connectivity index (χ3v) is 4.56. The first kappa shape index (κ1) is 17.4. The first-order chi connectivity index (χ1) is 10.8. The topological polar surface area (TPSA) is 30.5 Å². The fraction of sp³-hybridized carbons (Fsp3) is 0.294. The summed E-state index contributed by atoms with van der Waals surface area (Å²) in [7, 11) is 1.90. The Labute approximate surface area is 149 Å². The highest BCUT2D eigenvalue weighted by Gasteiger charge is 2.11. The summed E-state index contributed by atoms with van der Waals surface area (Å²) in [6.07, 6.45) is 0.0751. The van der Waals surface area contributed by atoms with Gasteiger partial charge >= 0.3 is 0 Å². The minimum absolute atomic E-state index is 0.0751. The van der Waals surface area contributed by atoms with Crippen molar-refractivity contribution in [1.29, 1.82) is 0 Å². The predicted molar refractivity (Wildman–Crippen MR) is 102 cm³/mol. The van der Waals surface area contributed by atoms with E-state index in [0.29, 0.717) is 11.2 Å². The molecule has 5 heteroatoms. The second-order valence-electron chi connectivity index (χ2n) is 4.61. The van der Waals surface area contributed by atoms with Crippen LogP contribution in [0.25, 0.3) is 0 Å². The largest absolute Gasteiger partial charge is 0.491 e. The fourth-order valence-electron chi connectivity index (χ4n) is 1.85. The number of ether oxygens (including phenoxy) is 2. The molecule has 0 amide bonds. The summed E-state index contributed by atoms with van der Waals surface area (Å²) in [5, 5.41) is 3.09. The number of thioether (sulfide) groups is 1. The van der Waals surface area contributed by atoms with Crippen molar-refractivity contribution in [1.82, 2.24) is 0 Å². The summed E-state index contributed by atoms with van der Waals surface area (Å²) < 4.78 is 12.3. The zero-order chi connectivity index (χ0) is 15.6. The highest BCUT2D eigenvalue weighted by molar-refractivity contribution is 14.1. The van der Waals surface area contributed by atoms with E-state index in [1.165, 1.54) is 4.90 Å². The van der Waals surface area contributed by atoms with Crippen molar-refractivity contribution < 1.29 is 9.47 Å². The van der Waals surface area contributed by atoms with Gasteiger partial charge < -0.3 is 14.8 Å². The Hall–Kier alpha value is -0.920. The zero-order valence-corrected chi connectivity index (χ0v) is 15.5. The number of nitrogens with one attached hydrogen (secondary N) is 1. The minimum Gasteiger partial charge on any atom is -0.491 e.